The van der Waals surface area contributed by atoms with Crippen LogP contribution >= 0.6 is 35.0 Å². The van der Waals surface area contributed by atoms with Gasteiger partial charge in [-0.25, -0.2) is 4.84 Å². The van der Waals surface area contributed by atoms with E-state index < -0.39 is 0 Å². The number of nitrogens with one attached hydrogen (secondary N) is 2. The van der Waals surface area contributed by atoms with Gasteiger partial charge in [0.2, 0.25) is 0 Å². The lowest BCUT2D eigenvalue weighted by atomic mass is 10.1. The van der Waals surface area contributed by atoms with Crippen LogP contribution in [0.3, 0.4) is 0 Å². The Morgan fingerprint density at radius 3 is 2.82 bits per heavy atom. The van der Waals surface area contributed by atoms with Crippen LogP contribution in [0.25, 0.3) is 0 Å². The highest BCUT2D eigenvalue weighted by molar-refractivity contribution is 6.32. The van der Waals surface area contributed by atoms with Crippen molar-refractivity contribution in [2.24, 2.45) is 7.05 Å². The molecule has 9 heteroatoms. The molecule has 1 aliphatic rings. The Bertz CT molecular complexity index is 1070. The molecule has 3 aromatic rings. The minimum absolute atomic E-state index is 0.172. The molecule has 28 heavy (non-hydrogen) atoms. The largest absolute Gasteiger partial charge is 0.338 e. The van der Waals surface area contributed by atoms with Crippen LogP contribution in [0, 0.1) is 0 Å². The maximum absolute atomic E-state index is 13.4. The van der Waals surface area contributed by atoms with Crippen molar-refractivity contribution in [3.05, 3.63) is 69.3 Å². The number of carbonyl (C=O) groups excluding carboxylic acids is 1. The third kappa shape index (κ3) is 3.44. The summed E-state index contributed by atoms with van der Waals surface area (Å²) in [5, 5.41) is 8.68. The second-order valence-electron chi connectivity index (χ2n) is 6.44. The zero-order chi connectivity index (χ0) is 19.8. The Hall–Kier alpha value is -2.25. The van der Waals surface area contributed by atoms with E-state index >= 15 is 0 Å². The van der Waals surface area contributed by atoms with E-state index in [1.807, 2.05) is 13.1 Å². The van der Waals surface area contributed by atoms with Crippen molar-refractivity contribution in [3.8, 4) is 0 Å². The van der Waals surface area contributed by atoms with Gasteiger partial charge in [-0.3, -0.25) is 9.48 Å². The molecule has 0 saturated heterocycles. The first-order valence-corrected chi connectivity index (χ1v) is 9.62. The predicted octanol–water partition coefficient (Wildman–Crippen LogP) is 4.87. The van der Waals surface area contributed by atoms with Crippen molar-refractivity contribution in [1.29, 1.82) is 0 Å². The Balaban J connectivity index is 1.78. The highest BCUT2D eigenvalue weighted by Gasteiger charge is 2.27. The van der Waals surface area contributed by atoms with Crippen LogP contribution in [0.4, 0.5) is 17.2 Å². The van der Waals surface area contributed by atoms with Crippen molar-refractivity contribution >= 4 is 58.1 Å². The van der Waals surface area contributed by atoms with E-state index in [9.17, 15) is 4.79 Å². The van der Waals surface area contributed by atoms with Crippen LogP contribution in [0.5, 0.6) is 0 Å². The number of benzene rings is 2. The molecule has 0 unspecified atom stereocenters. The molecule has 1 aromatic heterocycles. The summed E-state index contributed by atoms with van der Waals surface area (Å²) in [6.45, 7) is 0.773. The van der Waals surface area contributed by atoms with Crippen LogP contribution in [-0.2, 0) is 20.1 Å². The first-order chi connectivity index (χ1) is 13.5. The Kier molecular flexibility index (Phi) is 5.21. The van der Waals surface area contributed by atoms with Gasteiger partial charge < -0.3 is 10.2 Å². The Morgan fingerprint density at radius 1 is 1.25 bits per heavy atom. The molecule has 0 saturated carbocycles. The predicted molar refractivity (Wildman–Crippen MR) is 113 cm³/mol. The fourth-order valence-electron chi connectivity index (χ4n) is 3.22. The molecule has 4 rings (SSSR count). The van der Waals surface area contributed by atoms with Gasteiger partial charge in [-0.2, -0.15) is 5.10 Å². The Labute approximate surface area is 177 Å². The quantitative estimate of drug-likeness (QED) is 0.575. The number of aryl methyl sites for hydroxylation is 1. The molecule has 0 spiro atoms. The Morgan fingerprint density at radius 2 is 2.07 bits per heavy atom. The third-order valence-electron chi connectivity index (χ3n) is 4.65. The number of aromatic nitrogens is 2. The second kappa shape index (κ2) is 7.64. The lowest BCUT2D eigenvalue weighted by molar-refractivity contribution is 0.0985. The molecule has 2 N–H and O–H groups in total. The molecule has 1 amide bonds. The highest BCUT2D eigenvalue weighted by Crippen LogP contribution is 2.38. The van der Waals surface area contributed by atoms with Crippen LogP contribution in [-0.4, -0.2) is 15.7 Å². The minimum Gasteiger partial charge on any atom is -0.338 e. The van der Waals surface area contributed by atoms with Gasteiger partial charge in [-0.15, -0.1) is 0 Å². The topological polar surface area (TPSA) is 62.2 Å². The van der Waals surface area contributed by atoms with Crippen molar-refractivity contribution in [1.82, 2.24) is 14.6 Å². The van der Waals surface area contributed by atoms with E-state index in [0.29, 0.717) is 28.7 Å². The number of hydrogen-bond acceptors (Lipinski definition) is 4. The molecule has 6 nitrogen and oxygen atoms in total. The third-order valence-corrected chi connectivity index (χ3v) is 5.37. The number of anilines is 3. The average Bonchev–Trinajstić information content (AvgIpc) is 2.92. The van der Waals surface area contributed by atoms with Gasteiger partial charge in [0.15, 0.2) is 0 Å². The average molecular weight is 437 g/mol. The number of fused-ring (bicyclic) bond motifs is 2. The molecule has 2 heterocycles. The smallest absolute Gasteiger partial charge is 0.258 e. The fourth-order valence-corrected chi connectivity index (χ4v) is 3.78. The molecule has 0 fully saturated rings. The number of nitrogens with zero attached hydrogens (tertiary/aromatic N) is 3. The standard InChI is InChI=1S/C19H16Cl3N5O/c1-26-18-13(9-24-26)10-27(17-5-4-14(20)7-16(17)25-18)19(28)11-2-3-12(8-23-22)15(21)6-11/h2-7,9,23,25H,8,10H2,1H3. The summed E-state index contributed by atoms with van der Waals surface area (Å²) in [6.07, 6.45) is 1.75. The van der Waals surface area contributed by atoms with Crippen molar-refractivity contribution in [2.45, 2.75) is 13.1 Å². The van der Waals surface area contributed by atoms with Gasteiger partial charge in [0.05, 0.1) is 24.1 Å². The van der Waals surface area contributed by atoms with Gasteiger partial charge in [0, 0.05) is 34.8 Å². The summed E-state index contributed by atoms with van der Waals surface area (Å²) in [4.78, 5) is 17.6. The van der Waals surface area contributed by atoms with E-state index in [1.54, 1.807) is 46.1 Å². The highest BCUT2D eigenvalue weighted by atomic mass is 35.5. The van der Waals surface area contributed by atoms with E-state index in [2.05, 4.69) is 15.3 Å². The first-order valence-electron chi connectivity index (χ1n) is 8.49. The van der Waals surface area contributed by atoms with Crippen LogP contribution < -0.4 is 15.1 Å². The number of carbonyl (C=O) groups is 1. The van der Waals surface area contributed by atoms with Crippen molar-refractivity contribution in [2.75, 3.05) is 10.2 Å². The van der Waals surface area contributed by atoms with E-state index in [0.717, 1.165) is 28.3 Å². The van der Waals surface area contributed by atoms with Gasteiger partial charge in [-0.1, -0.05) is 29.3 Å². The summed E-state index contributed by atoms with van der Waals surface area (Å²) < 4.78 is 1.73. The number of hydrogen-bond donors (Lipinski definition) is 2. The SMILES string of the molecule is Cn1ncc2c1Nc1cc(Cl)ccc1N(C(=O)c1ccc(CNCl)c(Cl)c1)C2. The van der Waals surface area contributed by atoms with Gasteiger partial charge in [0.1, 0.15) is 5.82 Å². The van der Waals surface area contributed by atoms with E-state index in [4.69, 9.17) is 35.0 Å². The summed E-state index contributed by atoms with van der Waals surface area (Å²) >= 11 is 18.1. The maximum Gasteiger partial charge on any atom is 0.258 e. The van der Waals surface area contributed by atoms with E-state index in [-0.39, 0.29) is 5.91 Å². The molecule has 2 aromatic carbocycles. The number of rotatable bonds is 3. The molecular formula is C19H16Cl3N5O. The number of halogens is 3. The van der Waals surface area contributed by atoms with Gasteiger partial charge in [-0.05, 0) is 47.7 Å². The lowest BCUT2D eigenvalue weighted by Gasteiger charge is -2.23. The van der Waals surface area contributed by atoms with Crippen molar-refractivity contribution in [3.63, 3.8) is 0 Å². The van der Waals surface area contributed by atoms with Crippen molar-refractivity contribution < 1.29 is 4.79 Å². The molecule has 0 bridgehead atoms. The zero-order valence-corrected chi connectivity index (χ0v) is 17.1. The lowest BCUT2D eigenvalue weighted by Crippen LogP contribution is -2.30. The first kappa shape index (κ1) is 19.1. The summed E-state index contributed by atoms with van der Waals surface area (Å²) in [5.41, 5.74) is 3.66. The summed E-state index contributed by atoms with van der Waals surface area (Å²) in [6, 6.07) is 10.6. The van der Waals surface area contributed by atoms with Crippen LogP contribution in [0.1, 0.15) is 21.5 Å². The van der Waals surface area contributed by atoms with Crippen LogP contribution in [0.2, 0.25) is 10.0 Å². The molecule has 0 atom stereocenters. The summed E-state index contributed by atoms with van der Waals surface area (Å²) in [7, 11) is 1.84. The number of amides is 1. The fraction of sp³-hybridized carbons (Fsp3) is 0.158. The molecule has 0 aliphatic carbocycles. The summed E-state index contributed by atoms with van der Waals surface area (Å²) in [5.74, 6) is 0.648. The van der Waals surface area contributed by atoms with Gasteiger partial charge in [0.25, 0.3) is 5.91 Å². The molecule has 0 radical (unpaired) electrons. The van der Waals surface area contributed by atoms with Crippen LogP contribution in [0.15, 0.2) is 42.6 Å². The minimum atomic E-state index is -0.172. The van der Waals surface area contributed by atoms with E-state index in [1.165, 1.54) is 0 Å². The molecule has 1 aliphatic heterocycles. The van der Waals surface area contributed by atoms with Gasteiger partial charge >= 0.3 is 0 Å². The maximum atomic E-state index is 13.4. The second-order valence-corrected chi connectivity index (χ2v) is 7.55. The molecule has 144 valence electrons. The normalized spacial score (nSPS) is 12.8. The zero-order valence-electron chi connectivity index (χ0n) is 14.8. The monoisotopic (exact) mass is 435 g/mol. The molecular weight excluding hydrogens is 421 g/mol.